The maximum absolute atomic E-state index is 11.3. The van der Waals surface area contributed by atoms with Crippen LogP contribution in [0.15, 0.2) is 0 Å². The Balaban J connectivity index is 2.69. The third-order valence-corrected chi connectivity index (χ3v) is 4.29. The fraction of sp³-hybridized carbons (Fsp3) is 0.923. The fourth-order valence-electron chi connectivity index (χ4n) is 2.70. The summed E-state index contributed by atoms with van der Waals surface area (Å²) >= 11 is 0. The van der Waals surface area contributed by atoms with Crippen LogP contribution in [0.4, 0.5) is 0 Å². The van der Waals surface area contributed by atoms with E-state index in [1.165, 1.54) is 12.8 Å². The lowest BCUT2D eigenvalue weighted by Crippen LogP contribution is -2.60. The van der Waals surface area contributed by atoms with Crippen molar-refractivity contribution in [2.75, 3.05) is 19.6 Å². The van der Waals surface area contributed by atoms with Crippen molar-refractivity contribution >= 4 is 5.91 Å². The van der Waals surface area contributed by atoms with Crippen LogP contribution in [0.1, 0.15) is 47.5 Å². The van der Waals surface area contributed by atoms with Gasteiger partial charge in [-0.25, -0.2) is 0 Å². The predicted octanol–water partition coefficient (Wildman–Crippen LogP) is 2.12. The van der Waals surface area contributed by atoms with E-state index in [4.69, 9.17) is 0 Å². The maximum atomic E-state index is 11.3. The van der Waals surface area contributed by atoms with Gasteiger partial charge in [-0.05, 0) is 26.7 Å². The largest absolute Gasteiger partial charge is 0.340 e. The molecular formula is C13H26N2O. The average Bonchev–Trinajstić information content (AvgIpc) is 2.27. The van der Waals surface area contributed by atoms with E-state index >= 15 is 0 Å². The van der Waals surface area contributed by atoms with Gasteiger partial charge in [-0.15, -0.1) is 0 Å². The number of hydrogen-bond donors (Lipinski definition) is 0. The minimum Gasteiger partial charge on any atom is -0.340 e. The van der Waals surface area contributed by atoms with Crippen LogP contribution in [0, 0.1) is 0 Å². The number of hydrogen-bond acceptors (Lipinski definition) is 2. The Morgan fingerprint density at radius 3 is 2.25 bits per heavy atom. The molecule has 0 aromatic rings. The Bertz CT molecular complexity index is 248. The van der Waals surface area contributed by atoms with Gasteiger partial charge in [0.2, 0.25) is 5.91 Å². The Morgan fingerprint density at radius 2 is 1.88 bits per heavy atom. The van der Waals surface area contributed by atoms with E-state index in [2.05, 4.69) is 32.6 Å². The first-order chi connectivity index (χ1) is 7.44. The van der Waals surface area contributed by atoms with Gasteiger partial charge in [0, 0.05) is 38.1 Å². The summed E-state index contributed by atoms with van der Waals surface area (Å²) in [6, 6.07) is 0.475. The average molecular weight is 226 g/mol. The molecule has 0 N–H and O–H groups in total. The fourth-order valence-corrected chi connectivity index (χ4v) is 2.70. The van der Waals surface area contributed by atoms with Gasteiger partial charge in [0.15, 0.2) is 0 Å². The molecule has 0 radical (unpaired) electrons. The molecule has 3 nitrogen and oxygen atoms in total. The number of rotatable bonds is 3. The highest BCUT2D eigenvalue weighted by Gasteiger charge is 2.35. The normalized spacial score (nSPS) is 23.6. The van der Waals surface area contributed by atoms with Gasteiger partial charge in [-0.2, -0.15) is 0 Å². The first-order valence-corrected chi connectivity index (χ1v) is 6.47. The summed E-state index contributed by atoms with van der Waals surface area (Å²) in [5.41, 5.74) is 0.294. The lowest BCUT2D eigenvalue weighted by atomic mass is 9.90. The number of piperazine rings is 1. The van der Waals surface area contributed by atoms with Crippen LogP contribution in [-0.2, 0) is 4.79 Å². The van der Waals surface area contributed by atoms with E-state index in [1.54, 1.807) is 6.92 Å². The minimum atomic E-state index is 0.209. The van der Waals surface area contributed by atoms with Crippen LogP contribution in [-0.4, -0.2) is 46.9 Å². The molecule has 0 aromatic heterocycles. The molecule has 1 amide bonds. The summed E-state index contributed by atoms with van der Waals surface area (Å²) in [5.74, 6) is 0.209. The number of nitrogens with zero attached hydrogens (tertiary/aromatic N) is 2. The Labute approximate surface area is 99.8 Å². The summed E-state index contributed by atoms with van der Waals surface area (Å²) in [4.78, 5) is 15.9. The van der Waals surface area contributed by atoms with Crippen molar-refractivity contribution in [3.8, 4) is 0 Å². The number of carbonyl (C=O) groups is 1. The molecular weight excluding hydrogens is 200 g/mol. The Hall–Kier alpha value is -0.570. The van der Waals surface area contributed by atoms with Gasteiger partial charge in [-0.1, -0.05) is 13.8 Å². The van der Waals surface area contributed by atoms with E-state index in [0.29, 0.717) is 11.6 Å². The topological polar surface area (TPSA) is 23.6 Å². The molecule has 0 spiro atoms. The second-order valence-electron chi connectivity index (χ2n) is 5.21. The molecule has 16 heavy (non-hydrogen) atoms. The monoisotopic (exact) mass is 226 g/mol. The van der Waals surface area contributed by atoms with Gasteiger partial charge < -0.3 is 4.90 Å². The first kappa shape index (κ1) is 13.5. The van der Waals surface area contributed by atoms with Gasteiger partial charge in [0.05, 0.1) is 0 Å². The number of carbonyl (C=O) groups excluding carboxylic acids is 1. The molecule has 0 aliphatic carbocycles. The summed E-state index contributed by atoms with van der Waals surface area (Å²) in [5, 5.41) is 0. The van der Waals surface area contributed by atoms with Crippen molar-refractivity contribution in [2.45, 2.75) is 59.0 Å². The SMILES string of the molecule is CCC(C)(CC)N1CCN(C(C)=O)C[C@@H]1C. The minimum absolute atomic E-state index is 0.209. The van der Waals surface area contributed by atoms with Crippen molar-refractivity contribution < 1.29 is 4.79 Å². The standard InChI is InChI=1S/C13H26N2O/c1-6-13(5,7-2)15-9-8-14(12(4)16)10-11(15)3/h11H,6-10H2,1-5H3/t11-/m0/s1. The van der Waals surface area contributed by atoms with Crippen molar-refractivity contribution in [1.29, 1.82) is 0 Å². The smallest absolute Gasteiger partial charge is 0.219 e. The highest BCUT2D eigenvalue weighted by molar-refractivity contribution is 5.73. The van der Waals surface area contributed by atoms with Gasteiger partial charge in [-0.3, -0.25) is 9.69 Å². The zero-order valence-corrected chi connectivity index (χ0v) is 11.4. The lowest BCUT2D eigenvalue weighted by molar-refractivity contribution is -0.133. The molecule has 1 fully saturated rings. The molecule has 1 heterocycles. The van der Waals surface area contributed by atoms with Crippen molar-refractivity contribution in [3.63, 3.8) is 0 Å². The third-order valence-electron chi connectivity index (χ3n) is 4.29. The van der Waals surface area contributed by atoms with E-state index in [0.717, 1.165) is 19.6 Å². The molecule has 94 valence electrons. The summed E-state index contributed by atoms with van der Waals surface area (Å²) in [7, 11) is 0. The zero-order chi connectivity index (χ0) is 12.3. The lowest BCUT2D eigenvalue weighted by Gasteiger charge is -2.49. The van der Waals surface area contributed by atoms with Crippen LogP contribution in [0.3, 0.4) is 0 Å². The van der Waals surface area contributed by atoms with Crippen LogP contribution < -0.4 is 0 Å². The molecule has 1 rings (SSSR count). The summed E-state index contributed by atoms with van der Waals surface area (Å²) in [6.07, 6.45) is 2.35. The van der Waals surface area contributed by atoms with Crippen molar-refractivity contribution in [1.82, 2.24) is 9.80 Å². The van der Waals surface area contributed by atoms with Crippen molar-refractivity contribution in [3.05, 3.63) is 0 Å². The van der Waals surface area contributed by atoms with E-state index in [9.17, 15) is 4.79 Å². The van der Waals surface area contributed by atoms with Gasteiger partial charge in [0.1, 0.15) is 0 Å². The number of amides is 1. The van der Waals surface area contributed by atoms with Gasteiger partial charge in [0.25, 0.3) is 0 Å². The van der Waals surface area contributed by atoms with Crippen LogP contribution in [0.25, 0.3) is 0 Å². The highest BCUT2D eigenvalue weighted by atomic mass is 16.2. The Kier molecular flexibility index (Phi) is 4.36. The molecule has 1 aliphatic rings. The molecule has 0 saturated carbocycles. The maximum Gasteiger partial charge on any atom is 0.219 e. The summed E-state index contributed by atoms with van der Waals surface area (Å²) < 4.78 is 0. The van der Waals surface area contributed by atoms with Crippen LogP contribution >= 0.6 is 0 Å². The molecule has 1 saturated heterocycles. The predicted molar refractivity (Wildman–Crippen MR) is 67.4 cm³/mol. The first-order valence-electron chi connectivity index (χ1n) is 6.47. The van der Waals surface area contributed by atoms with Crippen LogP contribution in [0.2, 0.25) is 0 Å². The third kappa shape index (κ3) is 2.57. The molecule has 0 aromatic carbocycles. The van der Waals surface area contributed by atoms with Crippen molar-refractivity contribution in [2.24, 2.45) is 0 Å². The highest BCUT2D eigenvalue weighted by Crippen LogP contribution is 2.27. The van der Waals surface area contributed by atoms with E-state index in [1.807, 2.05) is 4.90 Å². The second-order valence-corrected chi connectivity index (χ2v) is 5.21. The van der Waals surface area contributed by atoms with Gasteiger partial charge >= 0.3 is 0 Å². The molecule has 3 heteroatoms. The molecule has 1 atom stereocenters. The van der Waals surface area contributed by atoms with Crippen LogP contribution in [0.5, 0.6) is 0 Å². The van der Waals surface area contributed by atoms with E-state index in [-0.39, 0.29) is 5.91 Å². The molecule has 1 aliphatic heterocycles. The molecule has 0 bridgehead atoms. The van der Waals surface area contributed by atoms with E-state index < -0.39 is 0 Å². The summed E-state index contributed by atoms with van der Waals surface area (Å²) in [6.45, 7) is 13.5. The quantitative estimate of drug-likeness (QED) is 0.736. The zero-order valence-electron chi connectivity index (χ0n) is 11.4. The second kappa shape index (κ2) is 5.17. The Morgan fingerprint density at radius 1 is 1.31 bits per heavy atom. The molecule has 0 unspecified atom stereocenters.